The van der Waals surface area contributed by atoms with E-state index in [1.807, 2.05) is 91.0 Å². The van der Waals surface area contributed by atoms with Crippen LogP contribution in [0.3, 0.4) is 0 Å². The second-order valence-electron chi connectivity index (χ2n) is 16.6. The van der Waals surface area contributed by atoms with Gasteiger partial charge in [0.2, 0.25) is 0 Å². The maximum absolute atomic E-state index is 14.1. The molecule has 3 fully saturated rings. The van der Waals surface area contributed by atoms with Crippen LogP contribution in [0.25, 0.3) is 0 Å². The smallest absolute Gasteiger partial charge is 0.338 e. The molecule has 0 amide bonds. The summed E-state index contributed by atoms with van der Waals surface area (Å²) in [5.41, 5.74) is 3.26. The molecular formula is C55H52O14. The van der Waals surface area contributed by atoms with Crippen molar-refractivity contribution in [2.24, 2.45) is 0 Å². The highest BCUT2D eigenvalue weighted by molar-refractivity contribution is 5.91. The number of carbonyl (C=O) groups excluding carboxylic acids is 3. The largest absolute Gasteiger partial charge is 0.452 e. The molecule has 14 nitrogen and oxygen atoms in total. The molecule has 0 spiro atoms. The summed E-state index contributed by atoms with van der Waals surface area (Å²) in [5, 5.41) is 0. The monoisotopic (exact) mass is 936 g/mol. The van der Waals surface area contributed by atoms with Crippen LogP contribution in [-0.4, -0.2) is 99.6 Å². The molecule has 0 bridgehead atoms. The van der Waals surface area contributed by atoms with Crippen molar-refractivity contribution in [1.82, 2.24) is 0 Å². The van der Waals surface area contributed by atoms with Gasteiger partial charge in [-0.05, 0) is 47.5 Å². The van der Waals surface area contributed by atoms with E-state index in [-0.39, 0.29) is 43.1 Å². The Morgan fingerprint density at radius 1 is 0.464 bits per heavy atom. The summed E-state index contributed by atoms with van der Waals surface area (Å²) in [5.74, 6) is -2.30. The number of hydrogen-bond acceptors (Lipinski definition) is 14. The maximum Gasteiger partial charge on any atom is 0.338 e. The van der Waals surface area contributed by atoms with Crippen molar-refractivity contribution in [3.63, 3.8) is 0 Å². The molecule has 356 valence electrons. The molecule has 3 saturated heterocycles. The van der Waals surface area contributed by atoms with E-state index < -0.39 is 85.6 Å². The first-order valence-corrected chi connectivity index (χ1v) is 22.8. The molecule has 3 heterocycles. The molecule has 3 aliphatic rings. The van der Waals surface area contributed by atoms with Crippen LogP contribution >= 0.6 is 0 Å². The van der Waals surface area contributed by atoms with Crippen molar-refractivity contribution < 1.29 is 66.5 Å². The predicted molar refractivity (Wildman–Crippen MR) is 247 cm³/mol. The van der Waals surface area contributed by atoms with Gasteiger partial charge in [0.05, 0.1) is 43.1 Å². The van der Waals surface area contributed by atoms with Crippen LogP contribution in [0.1, 0.15) is 54.1 Å². The topological polar surface area (TPSA) is 153 Å². The molecule has 14 heteroatoms. The first kappa shape index (κ1) is 47.5. The summed E-state index contributed by atoms with van der Waals surface area (Å²) in [4.78, 5) is 41.8. The number of hydrogen-bond donors (Lipinski definition) is 0. The van der Waals surface area contributed by atoms with Gasteiger partial charge in [0.1, 0.15) is 30.5 Å². The molecule has 0 aliphatic carbocycles. The van der Waals surface area contributed by atoms with Crippen LogP contribution < -0.4 is 0 Å². The lowest BCUT2D eigenvalue weighted by atomic mass is 9.96. The van der Waals surface area contributed by atoms with E-state index in [9.17, 15) is 14.4 Å². The minimum absolute atomic E-state index is 0.121. The highest BCUT2D eigenvalue weighted by Crippen LogP contribution is 2.38. The Hall–Kier alpha value is -6.59. The van der Waals surface area contributed by atoms with Crippen LogP contribution in [0.4, 0.5) is 0 Å². The van der Waals surface area contributed by atoms with E-state index in [0.717, 1.165) is 16.7 Å². The lowest BCUT2D eigenvalue weighted by Gasteiger charge is -2.49. The van der Waals surface area contributed by atoms with Gasteiger partial charge in [0, 0.05) is 12.7 Å². The van der Waals surface area contributed by atoms with Crippen molar-refractivity contribution >= 4 is 17.9 Å². The minimum Gasteiger partial charge on any atom is -0.452 e. The third-order valence-corrected chi connectivity index (χ3v) is 11.9. The zero-order valence-electron chi connectivity index (χ0n) is 37.7. The second kappa shape index (κ2) is 23.1. The van der Waals surface area contributed by atoms with Crippen molar-refractivity contribution in [2.45, 2.75) is 80.9 Å². The minimum atomic E-state index is -1.50. The van der Waals surface area contributed by atoms with E-state index in [1.165, 1.54) is 7.11 Å². The number of ether oxygens (including phenoxy) is 11. The van der Waals surface area contributed by atoms with E-state index in [1.54, 1.807) is 91.0 Å². The summed E-state index contributed by atoms with van der Waals surface area (Å²) in [6.45, 7) is 0.141. The number of carbonyl (C=O) groups is 3. The first-order chi connectivity index (χ1) is 33.9. The average molecular weight is 937 g/mol. The number of benzene rings is 6. The summed E-state index contributed by atoms with van der Waals surface area (Å²) >= 11 is 0. The lowest BCUT2D eigenvalue weighted by Crippen LogP contribution is -2.65. The van der Waals surface area contributed by atoms with Gasteiger partial charge in [-0.15, -0.1) is 0 Å². The van der Waals surface area contributed by atoms with E-state index in [2.05, 4.69) is 0 Å². The van der Waals surface area contributed by atoms with Gasteiger partial charge in [-0.3, -0.25) is 0 Å². The number of methoxy groups -OCH3 is 1. The van der Waals surface area contributed by atoms with Crippen LogP contribution in [-0.2, 0) is 65.3 Å². The Morgan fingerprint density at radius 3 is 1.42 bits per heavy atom. The van der Waals surface area contributed by atoms with Gasteiger partial charge in [0.15, 0.2) is 37.2 Å². The number of fused-ring (bicyclic) bond motifs is 1. The fraction of sp³-hybridized carbons (Fsp3) is 0.291. The molecular weight excluding hydrogens is 885 g/mol. The third kappa shape index (κ3) is 11.8. The normalized spacial score (nSPS) is 26.5. The Labute approximate surface area is 399 Å². The molecule has 3 aliphatic heterocycles. The standard InChI is InChI=1S/C55H52O14/c1-59-54-49(68-52(58)40-28-16-6-17-29-40)47(67-51(57)39-26-14-5-15-27-39)45(66-50(56)38-24-12-4-13-25-38)43(64-54)35-63-55-48(61-33-37-22-10-3-11-23-37)46(60-32-36-20-8-2-9-21-36)44-42(65-55)34-62-53(69-44)41-30-18-7-19-31-41/h2-31,42-49,53-55H,32-35H2,1H3/t42-,43-,44-,45-,46+,47+,48+,49-,53?,54+,55-/m1/s1. The summed E-state index contributed by atoms with van der Waals surface area (Å²) in [6, 6.07) is 53.9. The van der Waals surface area contributed by atoms with E-state index in [0.29, 0.717) is 0 Å². The van der Waals surface area contributed by atoms with Gasteiger partial charge < -0.3 is 52.1 Å². The van der Waals surface area contributed by atoms with Gasteiger partial charge in [-0.25, -0.2) is 14.4 Å². The van der Waals surface area contributed by atoms with Gasteiger partial charge in [-0.1, -0.05) is 146 Å². The zero-order chi connectivity index (χ0) is 47.4. The van der Waals surface area contributed by atoms with Gasteiger partial charge in [-0.2, -0.15) is 0 Å². The highest BCUT2D eigenvalue weighted by Gasteiger charge is 2.55. The molecule has 11 atom stereocenters. The molecule has 1 unspecified atom stereocenters. The summed E-state index contributed by atoms with van der Waals surface area (Å²) in [7, 11) is 1.36. The summed E-state index contributed by atoms with van der Waals surface area (Å²) < 4.78 is 70.9. The Bertz CT molecular complexity index is 2540. The van der Waals surface area contributed by atoms with Crippen LogP contribution in [0.2, 0.25) is 0 Å². The third-order valence-electron chi connectivity index (χ3n) is 11.9. The van der Waals surface area contributed by atoms with Crippen molar-refractivity contribution in [1.29, 1.82) is 0 Å². The molecule has 0 saturated carbocycles. The van der Waals surface area contributed by atoms with Crippen LogP contribution in [0.5, 0.6) is 0 Å². The van der Waals surface area contributed by atoms with E-state index in [4.69, 9.17) is 52.1 Å². The lowest BCUT2D eigenvalue weighted by molar-refractivity contribution is -0.377. The van der Waals surface area contributed by atoms with Crippen molar-refractivity contribution in [3.05, 3.63) is 215 Å². The quantitative estimate of drug-likeness (QED) is 0.0640. The number of esters is 3. The number of rotatable bonds is 17. The Balaban J connectivity index is 1.05. The van der Waals surface area contributed by atoms with Gasteiger partial charge in [0.25, 0.3) is 0 Å². The predicted octanol–water partition coefficient (Wildman–Crippen LogP) is 8.06. The SMILES string of the molecule is CO[C@H]1O[C@H](CO[C@@H]2O[C@@H]3COC(c4ccccc4)O[C@H]3[C@H](OCc3ccccc3)[C@@H]2OCc2ccccc2)[C@@H](OC(=O)c2ccccc2)[C@H](OC(=O)c2ccccc2)[C@H]1OC(=O)c1ccccc1. The molecule has 0 aromatic heterocycles. The first-order valence-electron chi connectivity index (χ1n) is 22.8. The highest BCUT2D eigenvalue weighted by atomic mass is 16.8. The molecule has 0 radical (unpaired) electrons. The van der Waals surface area contributed by atoms with E-state index >= 15 is 0 Å². The molecule has 9 rings (SSSR count). The summed E-state index contributed by atoms with van der Waals surface area (Å²) in [6.07, 6.45) is -11.9. The Kier molecular flexibility index (Phi) is 15.9. The fourth-order valence-corrected chi connectivity index (χ4v) is 8.45. The second-order valence-corrected chi connectivity index (χ2v) is 16.6. The van der Waals surface area contributed by atoms with Crippen LogP contribution in [0.15, 0.2) is 182 Å². The fourth-order valence-electron chi connectivity index (χ4n) is 8.45. The maximum atomic E-state index is 14.1. The molecule has 0 N–H and O–H groups in total. The average Bonchev–Trinajstić information content (AvgIpc) is 3.41. The van der Waals surface area contributed by atoms with Crippen LogP contribution in [0, 0.1) is 0 Å². The Morgan fingerprint density at radius 2 is 0.913 bits per heavy atom. The molecule has 69 heavy (non-hydrogen) atoms. The zero-order valence-corrected chi connectivity index (χ0v) is 37.7. The molecule has 6 aromatic carbocycles. The van der Waals surface area contributed by atoms with Crippen molar-refractivity contribution in [3.8, 4) is 0 Å². The van der Waals surface area contributed by atoms with Crippen molar-refractivity contribution in [2.75, 3.05) is 20.3 Å². The molecule has 6 aromatic rings. The van der Waals surface area contributed by atoms with Gasteiger partial charge >= 0.3 is 17.9 Å².